The molecule has 1 N–H and O–H groups in total. The number of non-ortho nitro benzene ring substituents is 1. The van der Waals surface area contributed by atoms with Crippen LogP contribution in [0.3, 0.4) is 0 Å². The molecule has 92 valence electrons. The third-order valence-electron chi connectivity index (χ3n) is 2.37. The van der Waals surface area contributed by atoms with Crippen LogP contribution in [0.5, 0.6) is 0 Å². The Labute approximate surface area is 109 Å². The fourth-order valence-electron chi connectivity index (χ4n) is 1.42. The molecule has 0 aliphatic rings. The number of nitro benzene ring substituents is 1. The first kappa shape index (κ1) is 12.3. The van der Waals surface area contributed by atoms with E-state index in [1.807, 2.05) is 6.07 Å². The van der Waals surface area contributed by atoms with Gasteiger partial charge in [0.15, 0.2) is 0 Å². The van der Waals surface area contributed by atoms with Gasteiger partial charge in [-0.1, -0.05) is 23.7 Å². The Morgan fingerprint density at radius 2 is 1.94 bits per heavy atom. The summed E-state index contributed by atoms with van der Waals surface area (Å²) in [7, 11) is 0. The number of pyridine rings is 1. The Morgan fingerprint density at radius 3 is 2.50 bits per heavy atom. The van der Waals surface area contributed by atoms with Crippen LogP contribution in [-0.4, -0.2) is 9.91 Å². The third-order valence-corrected chi connectivity index (χ3v) is 2.59. The zero-order chi connectivity index (χ0) is 13.0. The molecule has 2 aromatic rings. The van der Waals surface area contributed by atoms with Gasteiger partial charge in [-0.2, -0.15) is 0 Å². The normalized spacial score (nSPS) is 10.1. The van der Waals surface area contributed by atoms with E-state index < -0.39 is 4.92 Å². The van der Waals surface area contributed by atoms with Gasteiger partial charge in [-0.25, -0.2) is 4.98 Å². The lowest BCUT2D eigenvalue weighted by Gasteiger charge is -2.05. The van der Waals surface area contributed by atoms with Crippen molar-refractivity contribution in [1.29, 1.82) is 0 Å². The van der Waals surface area contributed by atoms with Gasteiger partial charge in [-0.3, -0.25) is 10.1 Å². The predicted octanol–water partition coefficient (Wildman–Crippen LogP) is 3.26. The van der Waals surface area contributed by atoms with Crippen molar-refractivity contribution in [3.05, 3.63) is 63.4 Å². The van der Waals surface area contributed by atoms with Crippen molar-refractivity contribution in [1.82, 2.24) is 4.98 Å². The van der Waals surface area contributed by atoms with E-state index in [9.17, 15) is 10.1 Å². The highest BCUT2D eigenvalue weighted by molar-refractivity contribution is 6.29. The largest absolute Gasteiger partial charge is 0.380 e. The lowest BCUT2D eigenvalue weighted by atomic mass is 10.2. The summed E-state index contributed by atoms with van der Waals surface area (Å²) in [5.41, 5.74) is 1.89. The van der Waals surface area contributed by atoms with E-state index >= 15 is 0 Å². The second kappa shape index (κ2) is 5.46. The minimum Gasteiger partial charge on any atom is -0.380 e. The van der Waals surface area contributed by atoms with Crippen LogP contribution in [0.4, 0.5) is 11.4 Å². The van der Waals surface area contributed by atoms with Gasteiger partial charge in [0.1, 0.15) is 5.15 Å². The van der Waals surface area contributed by atoms with Gasteiger partial charge in [0.25, 0.3) is 5.69 Å². The van der Waals surface area contributed by atoms with Crippen LogP contribution in [0.25, 0.3) is 0 Å². The molecule has 0 saturated carbocycles. The second-order valence-corrected chi connectivity index (χ2v) is 4.03. The highest BCUT2D eigenvalue weighted by atomic mass is 35.5. The predicted molar refractivity (Wildman–Crippen MR) is 69.7 cm³/mol. The molecule has 0 bridgehead atoms. The van der Waals surface area contributed by atoms with E-state index in [0.717, 1.165) is 11.3 Å². The Bertz CT molecular complexity index is 540. The summed E-state index contributed by atoms with van der Waals surface area (Å²) < 4.78 is 0. The van der Waals surface area contributed by atoms with Crippen LogP contribution in [-0.2, 0) is 6.54 Å². The first-order chi connectivity index (χ1) is 8.65. The summed E-state index contributed by atoms with van der Waals surface area (Å²) in [6, 6.07) is 9.91. The van der Waals surface area contributed by atoms with Gasteiger partial charge in [0.2, 0.25) is 0 Å². The molecule has 0 aliphatic carbocycles. The smallest absolute Gasteiger partial charge is 0.269 e. The minimum absolute atomic E-state index is 0.0897. The molecule has 0 unspecified atom stereocenters. The van der Waals surface area contributed by atoms with Crippen LogP contribution >= 0.6 is 11.6 Å². The maximum atomic E-state index is 10.5. The molecule has 0 saturated heterocycles. The van der Waals surface area contributed by atoms with Crippen molar-refractivity contribution in [3.8, 4) is 0 Å². The monoisotopic (exact) mass is 263 g/mol. The highest BCUT2D eigenvalue weighted by Gasteiger charge is 2.03. The van der Waals surface area contributed by atoms with Crippen molar-refractivity contribution >= 4 is 23.0 Å². The van der Waals surface area contributed by atoms with Gasteiger partial charge in [-0.15, -0.1) is 0 Å². The average molecular weight is 264 g/mol. The first-order valence-corrected chi connectivity index (χ1v) is 5.62. The average Bonchev–Trinajstić information content (AvgIpc) is 2.38. The number of hydrogen-bond donors (Lipinski definition) is 1. The Morgan fingerprint density at radius 1 is 1.22 bits per heavy atom. The SMILES string of the molecule is O=[N+]([O-])c1ccc(CNc2ccc(Cl)nc2)cc1. The highest BCUT2D eigenvalue weighted by Crippen LogP contribution is 2.14. The number of nitro groups is 1. The van der Waals surface area contributed by atoms with Crippen LogP contribution in [0.15, 0.2) is 42.6 Å². The molecule has 0 aliphatic heterocycles. The molecule has 1 aromatic carbocycles. The summed E-state index contributed by atoms with van der Waals surface area (Å²) in [6.07, 6.45) is 1.63. The zero-order valence-corrected chi connectivity index (χ0v) is 10.1. The van der Waals surface area contributed by atoms with E-state index in [1.165, 1.54) is 12.1 Å². The molecule has 6 heteroatoms. The summed E-state index contributed by atoms with van der Waals surface area (Å²) in [6.45, 7) is 0.571. The van der Waals surface area contributed by atoms with E-state index in [0.29, 0.717) is 11.7 Å². The molecule has 0 fully saturated rings. The third kappa shape index (κ3) is 3.18. The number of benzene rings is 1. The van der Waals surface area contributed by atoms with E-state index in [4.69, 9.17) is 11.6 Å². The van der Waals surface area contributed by atoms with Gasteiger partial charge in [-0.05, 0) is 17.7 Å². The van der Waals surface area contributed by atoms with Gasteiger partial charge < -0.3 is 5.32 Å². The number of rotatable bonds is 4. The van der Waals surface area contributed by atoms with Gasteiger partial charge in [0.05, 0.1) is 16.8 Å². The molecule has 1 aromatic heterocycles. The van der Waals surface area contributed by atoms with Crippen molar-refractivity contribution in [2.75, 3.05) is 5.32 Å². The summed E-state index contributed by atoms with van der Waals surface area (Å²) in [5.74, 6) is 0. The van der Waals surface area contributed by atoms with Crippen molar-refractivity contribution in [2.45, 2.75) is 6.54 Å². The molecule has 0 radical (unpaired) electrons. The van der Waals surface area contributed by atoms with Gasteiger partial charge in [0, 0.05) is 18.7 Å². The Kier molecular flexibility index (Phi) is 3.74. The van der Waals surface area contributed by atoms with Crippen molar-refractivity contribution < 1.29 is 4.92 Å². The standard InChI is InChI=1S/C12H10ClN3O2/c13-12-6-3-10(8-15-12)14-7-9-1-4-11(5-2-9)16(17)18/h1-6,8,14H,7H2. The second-order valence-electron chi connectivity index (χ2n) is 3.65. The molecule has 18 heavy (non-hydrogen) atoms. The van der Waals surface area contributed by atoms with Crippen LogP contribution in [0.1, 0.15) is 5.56 Å². The Balaban J connectivity index is 1.97. The van der Waals surface area contributed by atoms with E-state index in [1.54, 1.807) is 24.4 Å². The number of hydrogen-bond acceptors (Lipinski definition) is 4. The van der Waals surface area contributed by atoms with E-state index in [-0.39, 0.29) is 5.69 Å². The van der Waals surface area contributed by atoms with Crippen LogP contribution in [0, 0.1) is 10.1 Å². The maximum absolute atomic E-state index is 10.5. The van der Waals surface area contributed by atoms with E-state index in [2.05, 4.69) is 10.3 Å². The zero-order valence-electron chi connectivity index (χ0n) is 9.34. The fourth-order valence-corrected chi connectivity index (χ4v) is 1.53. The number of halogens is 1. The number of anilines is 1. The topological polar surface area (TPSA) is 68.1 Å². The summed E-state index contributed by atoms with van der Waals surface area (Å²) in [5, 5.41) is 14.1. The molecular weight excluding hydrogens is 254 g/mol. The number of nitrogens with one attached hydrogen (secondary N) is 1. The molecule has 0 atom stereocenters. The van der Waals surface area contributed by atoms with Crippen LogP contribution in [0.2, 0.25) is 5.15 Å². The molecule has 0 amide bonds. The Hall–Kier alpha value is -2.14. The molecule has 1 heterocycles. The summed E-state index contributed by atoms with van der Waals surface area (Å²) in [4.78, 5) is 14.0. The fraction of sp³-hybridized carbons (Fsp3) is 0.0833. The molecule has 5 nitrogen and oxygen atoms in total. The molecule has 2 rings (SSSR count). The van der Waals surface area contributed by atoms with Gasteiger partial charge >= 0.3 is 0 Å². The number of nitrogens with zero attached hydrogens (tertiary/aromatic N) is 2. The summed E-state index contributed by atoms with van der Waals surface area (Å²) >= 11 is 5.67. The minimum atomic E-state index is -0.416. The number of aromatic nitrogens is 1. The van der Waals surface area contributed by atoms with Crippen LogP contribution < -0.4 is 5.32 Å². The first-order valence-electron chi connectivity index (χ1n) is 5.24. The quantitative estimate of drug-likeness (QED) is 0.522. The van der Waals surface area contributed by atoms with Crippen molar-refractivity contribution in [2.24, 2.45) is 0 Å². The lowest BCUT2D eigenvalue weighted by molar-refractivity contribution is -0.384. The van der Waals surface area contributed by atoms with Crippen molar-refractivity contribution in [3.63, 3.8) is 0 Å². The molecular formula is C12H10ClN3O2. The lowest BCUT2D eigenvalue weighted by Crippen LogP contribution is -1.99. The maximum Gasteiger partial charge on any atom is 0.269 e. The molecule has 0 spiro atoms.